The molecule has 0 bridgehead atoms. The van der Waals surface area contributed by atoms with Gasteiger partial charge in [0.25, 0.3) is 5.91 Å². The van der Waals surface area contributed by atoms with Crippen molar-refractivity contribution >= 4 is 22.9 Å². The Balaban J connectivity index is 2.10. The van der Waals surface area contributed by atoms with Crippen molar-refractivity contribution in [1.29, 1.82) is 0 Å². The molecule has 3 nitrogen and oxygen atoms in total. The van der Waals surface area contributed by atoms with Gasteiger partial charge in [0.2, 0.25) is 0 Å². The molecule has 1 aromatic carbocycles. The largest absolute Gasteiger partial charge is 0.381 e. The first-order valence-corrected chi connectivity index (χ1v) is 7.03. The minimum absolute atomic E-state index is 0.0294. The lowest BCUT2D eigenvalue weighted by atomic mass is 10.1. The van der Waals surface area contributed by atoms with Gasteiger partial charge in [-0.2, -0.15) is 0 Å². The summed E-state index contributed by atoms with van der Waals surface area (Å²) in [5.41, 5.74) is -0.236. The van der Waals surface area contributed by atoms with Crippen LogP contribution in [0.5, 0.6) is 0 Å². The minimum Gasteiger partial charge on any atom is -0.381 e. The van der Waals surface area contributed by atoms with Crippen LogP contribution in [-0.4, -0.2) is 12.5 Å². The Hall–Kier alpha value is -1.95. The summed E-state index contributed by atoms with van der Waals surface area (Å²) in [7, 11) is 0. The van der Waals surface area contributed by atoms with Crippen molar-refractivity contribution in [3.63, 3.8) is 0 Å². The van der Waals surface area contributed by atoms with Crippen LogP contribution in [-0.2, 0) is 6.54 Å². The maximum atomic E-state index is 13.7. The Kier molecular flexibility index (Phi) is 4.68. The molecule has 1 aromatic heterocycles. The molecule has 0 unspecified atom stereocenters. The quantitative estimate of drug-likeness (QED) is 0.888. The molecule has 2 N–H and O–H groups in total. The molecule has 0 spiro atoms. The van der Waals surface area contributed by atoms with Crippen molar-refractivity contribution in [1.82, 2.24) is 5.32 Å². The average molecular weight is 296 g/mol. The topological polar surface area (TPSA) is 41.1 Å². The number of rotatable bonds is 5. The molecule has 0 atom stereocenters. The third kappa shape index (κ3) is 3.33. The Bertz CT molecular complexity index is 576. The van der Waals surface area contributed by atoms with E-state index in [1.165, 1.54) is 11.3 Å². The van der Waals surface area contributed by atoms with Crippen LogP contribution in [0.15, 0.2) is 29.6 Å². The fraction of sp³-hybridized carbons (Fsp3) is 0.214. The van der Waals surface area contributed by atoms with Gasteiger partial charge in [0.05, 0.1) is 6.54 Å². The second-order valence-corrected chi connectivity index (χ2v) is 5.14. The molecule has 0 aliphatic rings. The van der Waals surface area contributed by atoms with E-state index in [9.17, 15) is 13.6 Å². The van der Waals surface area contributed by atoms with Gasteiger partial charge < -0.3 is 10.6 Å². The van der Waals surface area contributed by atoms with E-state index in [4.69, 9.17) is 0 Å². The molecule has 0 aliphatic carbocycles. The first-order valence-electron chi connectivity index (χ1n) is 6.15. The molecular formula is C14H14F2N2OS. The van der Waals surface area contributed by atoms with Crippen LogP contribution in [0.4, 0.5) is 14.5 Å². The number of nitrogens with one attached hydrogen (secondary N) is 2. The molecular weight excluding hydrogens is 282 g/mol. The molecule has 1 amide bonds. The Morgan fingerprint density at radius 2 is 2.00 bits per heavy atom. The van der Waals surface area contributed by atoms with Crippen molar-refractivity contribution in [2.24, 2.45) is 0 Å². The van der Waals surface area contributed by atoms with Crippen molar-refractivity contribution in [2.75, 3.05) is 11.9 Å². The Morgan fingerprint density at radius 1 is 1.30 bits per heavy atom. The van der Waals surface area contributed by atoms with Crippen molar-refractivity contribution in [3.05, 3.63) is 51.7 Å². The summed E-state index contributed by atoms with van der Waals surface area (Å²) in [6, 6.07) is 5.81. The maximum Gasteiger partial charge on any atom is 0.251 e. The van der Waals surface area contributed by atoms with E-state index in [0.717, 1.165) is 17.0 Å². The normalized spacial score (nSPS) is 10.3. The molecule has 0 radical (unpaired) electrons. The van der Waals surface area contributed by atoms with Crippen LogP contribution >= 0.6 is 11.3 Å². The molecule has 2 aromatic rings. The van der Waals surface area contributed by atoms with Crippen LogP contribution in [0.2, 0.25) is 0 Å². The third-order valence-electron chi connectivity index (χ3n) is 2.66. The molecule has 106 valence electrons. The van der Waals surface area contributed by atoms with Crippen LogP contribution in [0.25, 0.3) is 0 Å². The van der Waals surface area contributed by atoms with Crippen molar-refractivity contribution < 1.29 is 13.6 Å². The van der Waals surface area contributed by atoms with Gasteiger partial charge in [0.15, 0.2) is 0 Å². The zero-order valence-electron chi connectivity index (χ0n) is 10.9. The summed E-state index contributed by atoms with van der Waals surface area (Å²) in [5, 5.41) is 7.10. The maximum absolute atomic E-state index is 13.7. The monoisotopic (exact) mass is 296 g/mol. The fourth-order valence-corrected chi connectivity index (χ4v) is 2.38. The van der Waals surface area contributed by atoms with E-state index in [1.54, 1.807) is 6.92 Å². The number of thiophene rings is 1. The molecule has 20 heavy (non-hydrogen) atoms. The highest BCUT2D eigenvalue weighted by molar-refractivity contribution is 7.09. The molecule has 0 saturated heterocycles. The summed E-state index contributed by atoms with van der Waals surface area (Å²) >= 11 is 1.50. The first-order chi connectivity index (χ1) is 9.61. The number of halogens is 2. The second-order valence-electron chi connectivity index (χ2n) is 4.11. The predicted molar refractivity (Wildman–Crippen MR) is 76.0 cm³/mol. The van der Waals surface area contributed by atoms with Gasteiger partial charge in [-0.15, -0.1) is 11.3 Å². The minimum atomic E-state index is -0.770. The van der Waals surface area contributed by atoms with Crippen molar-refractivity contribution in [2.45, 2.75) is 13.5 Å². The number of carbonyl (C=O) groups is 1. The number of hydrogen-bond donors (Lipinski definition) is 2. The first kappa shape index (κ1) is 14.5. The molecule has 2 rings (SSSR count). The summed E-state index contributed by atoms with van der Waals surface area (Å²) in [4.78, 5) is 12.8. The van der Waals surface area contributed by atoms with Gasteiger partial charge in [0, 0.05) is 17.0 Å². The highest BCUT2D eigenvalue weighted by Crippen LogP contribution is 2.20. The van der Waals surface area contributed by atoms with Gasteiger partial charge in [0.1, 0.15) is 17.3 Å². The lowest BCUT2D eigenvalue weighted by Crippen LogP contribution is -2.22. The Labute approximate surface area is 119 Å². The van der Waals surface area contributed by atoms with Gasteiger partial charge >= 0.3 is 0 Å². The molecule has 0 saturated carbocycles. The highest BCUT2D eigenvalue weighted by Gasteiger charge is 2.14. The molecule has 0 aliphatic heterocycles. The average Bonchev–Trinajstić information content (AvgIpc) is 2.93. The van der Waals surface area contributed by atoms with E-state index in [1.807, 2.05) is 17.5 Å². The SMILES string of the molecule is CCNc1c(F)cc(C(=O)NCc2cccs2)cc1F. The molecule has 6 heteroatoms. The summed E-state index contributed by atoms with van der Waals surface area (Å²) < 4.78 is 27.4. The third-order valence-corrected chi connectivity index (χ3v) is 3.54. The lowest BCUT2D eigenvalue weighted by Gasteiger charge is -2.09. The van der Waals surface area contributed by atoms with Crippen LogP contribution in [0.3, 0.4) is 0 Å². The van der Waals surface area contributed by atoms with E-state index < -0.39 is 17.5 Å². The molecule has 1 heterocycles. The van der Waals surface area contributed by atoms with E-state index in [-0.39, 0.29) is 11.3 Å². The highest BCUT2D eigenvalue weighted by atomic mass is 32.1. The number of hydrogen-bond acceptors (Lipinski definition) is 3. The summed E-state index contributed by atoms with van der Waals surface area (Å²) in [6.07, 6.45) is 0. The van der Waals surface area contributed by atoms with Crippen molar-refractivity contribution in [3.8, 4) is 0 Å². The number of amides is 1. The second kappa shape index (κ2) is 6.47. The number of anilines is 1. The lowest BCUT2D eigenvalue weighted by molar-refractivity contribution is 0.0950. The van der Waals surface area contributed by atoms with Gasteiger partial charge in [-0.1, -0.05) is 6.07 Å². The zero-order chi connectivity index (χ0) is 14.5. The van der Waals surface area contributed by atoms with Crippen LogP contribution in [0.1, 0.15) is 22.2 Å². The number of benzene rings is 1. The smallest absolute Gasteiger partial charge is 0.251 e. The predicted octanol–water partition coefficient (Wildman–Crippen LogP) is 3.39. The number of carbonyl (C=O) groups excluding carboxylic acids is 1. The van der Waals surface area contributed by atoms with Gasteiger partial charge in [-0.25, -0.2) is 8.78 Å². The van der Waals surface area contributed by atoms with E-state index in [0.29, 0.717) is 13.1 Å². The standard InChI is InChI=1S/C14H14F2N2OS/c1-2-17-13-11(15)6-9(7-12(13)16)14(19)18-8-10-4-3-5-20-10/h3-7,17H,2,8H2,1H3,(H,18,19). The fourth-order valence-electron chi connectivity index (χ4n) is 1.73. The zero-order valence-corrected chi connectivity index (χ0v) is 11.7. The van der Waals surface area contributed by atoms with Crippen LogP contribution in [0, 0.1) is 11.6 Å². The van der Waals surface area contributed by atoms with Gasteiger partial charge in [-0.05, 0) is 30.5 Å². The summed E-state index contributed by atoms with van der Waals surface area (Å²) in [6.45, 7) is 2.48. The van der Waals surface area contributed by atoms with Crippen LogP contribution < -0.4 is 10.6 Å². The molecule has 0 fully saturated rings. The van der Waals surface area contributed by atoms with Gasteiger partial charge in [-0.3, -0.25) is 4.79 Å². The van der Waals surface area contributed by atoms with E-state index in [2.05, 4.69) is 10.6 Å². The van der Waals surface area contributed by atoms with E-state index >= 15 is 0 Å². The Morgan fingerprint density at radius 3 is 2.55 bits per heavy atom. The summed E-state index contributed by atoms with van der Waals surface area (Å²) in [5.74, 6) is -2.04.